The number of thioether (sulfide) groups is 1. The molecule has 1 N–H and O–H groups in total. The van der Waals surface area contributed by atoms with E-state index < -0.39 is 0 Å². The molecule has 0 aliphatic carbocycles. The first-order valence-electron chi connectivity index (χ1n) is 6.75. The summed E-state index contributed by atoms with van der Waals surface area (Å²) in [7, 11) is 0. The van der Waals surface area contributed by atoms with E-state index in [1.165, 1.54) is 16.5 Å². The first kappa shape index (κ1) is 15.1. The molecule has 0 fully saturated rings. The monoisotopic (exact) mass is 289 g/mol. The quantitative estimate of drug-likeness (QED) is 0.781. The Labute approximate surface area is 124 Å². The van der Waals surface area contributed by atoms with E-state index in [1.807, 2.05) is 6.07 Å². The van der Waals surface area contributed by atoms with Crippen LogP contribution in [0.15, 0.2) is 53.4 Å². The minimum absolute atomic E-state index is 0.112. The zero-order valence-electron chi connectivity index (χ0n) is 12.1. The number of hydrogen-bond acceptors (Lipinski definition) is 2. The zero-order valence-corrected chi connectivity index (χ0v) is 12.9. The van der Waals surface area contributed by atoms with Gasteiger partial charge in [0.05, 0.1) is 0 Å². The lowest BCUT2D eigenvalue weighted by atomic mass is 10.0. The maximum absolute atomic E-state index is 13.2. The highest BCUT2D eigenvalue weighted by Gasteiger charge is 2.11. The first-order chi connectivity index (χ1) is 9.60. The van der Waals surface area contributed by atoms with E-state index in [0.29, 0.717) is 0 Å². The molecule has 2 aromatic rings. The zero-order chi connectivity index (χ0) is 14.5. The molecule has 0 amide bonds. The second kappa shape index (κ2) is 6.91. The average molecular weight is 289 g/mol. The third-order valence-electron chi connectivity index (χ3n) is 3.46. The van der Waals surface area contributed by atoms with Crippen molar-refractivity contribution in [2.45, 2.75) is 30.8 Å². The summed E-state index contributed by atoms with van der Waals surface area (Å²) >= 11 is 1.74. The molecule has 0 saturated heterocycles. The van der Waals surface area contributed by atoms with E-state index in [0.717, 1.165) is 5.56 Å². The van der Waals surface area contributed by atoms with Crippen LogP contribution in [-0.2, 0) is 0 Å². The maximum Gasteiger partial charge on any atom is 0.123 e. The fraction of sp³-hybridized carbons (Fsp3) is 0.294. The minimum Gasteiger partial charge on any atom is -0.304 e. The van der Waals surface area contributed by atoms with Crippen LogP contribution >= 0.6 is 11.8 Å². The molecule has 106 valence electrons. The van der Waals surface area contributed by atoms with Crippen LogP contribution in [0.5, 0.6) is 0 Å². The van der Waals surface area contributed by atoms with Gasteiger partial charge in [-0.3, -0.25) is 0 Å². The Kier molecular flexibility index (Phi) is 5.21. The Morgan fingerprint density at radius 3 is 2.20 bits per heavy atom. The van der Waals surface area contributed by atoms with Gasteiger partial charge in [0, 0.05) is 17.0 Å². The molecular formula is C17H20FNS. The van der Waals surface area contributed by atoms with Crippen LogP contribution in [0.1, 0.15) is 37.1 Å². The first-order valence-corrected chi connectivity index (χ1v) is 7.98. The van der Waals surface area contributed by atoms with Gasteiger partial charge in [-0.2, -0.15) is 0 Å². The van der Waals surface area contributed by atoms with Crippen LogP contribution in [-0.4, -0.2) is 6.26 Å². The molecule has 2 aromatic carbocycles. The van der Waals surface area contributed by atoms with Gasteiger partial charge in [0.15, 0.2) is 0 Å². The summed E-state index contributed by atoms with van der Waals surface area (Å²) in [5.41, 5.74) is 2.21. The van der Waals surface area contributed by atoms with Crippen molar-refractivity contribution in [1.82, 2.24) is 5.32 Å². The van der Waals surface area contributed by atoms with E-state index >= 15 is 0 Å². The summed E-state index contributed by atoms with van der Waals surface area (Å²) in [6, 6.07) is 15.6. The molecule has 0 radical (unpaired) electrons. The fourth-order valence-corrected chi connectivity index (χ4v) is 2.64. The molecule has 0 saturated carbocycles. The van der Waals surface area contributed by atoms with Gasteiger partial charge in [-0.25, -0.2) is 4.39 Å². The van der Waals surface area contributed by atoms with Crippen molar-refractivity contribution in [1.29, 1.82) is 0 Å². The lowest BCUT2D eigenvalue weighted by molar-refractivity contribution is 0.492. The summed E-state index contributed by atoms with van der Waals surface area (Å²) in [5, 5.41) is 3.50. The highest BCUT2D eigenvalue weighted by molar-refractivity contribution is 7.98. The number of nitrogens with one attached hydrogen (secondary N) is 1. The van der Waals surface area contributed by atoms with Gasteiger partial charge in [0.25, 0.3) is 0 Å². The van der Waals surface area contributed by atoms with Crippen LogP contribution in [0.2, 0.25) is 0 Å². The Balaban J connectivity index is 2.04. The average Bonchev–Trinajstić information content (AvgIpc) is 2.47. The molecule has 0 aliphatic heterocycles. The molecule has 1 nitrogen and oxygen atoms in total. The normalized spacial score (nSPS) is 14.0. The summed E-state index contributed by atoms with van der Waals surface area (Å²) in [6.07, 6.45) is 2.07. The molecule has 3 heteroatoms. The topological polar surface area (TPSA) is 12.0 Å². The summed E-state index contributed by atoms with van der Waals surface area (Å²) < 4.78 is 13.2. The van der Waals surface area contributed by atoms with Gasteiger partial charge < -0.3 is 5.32 Å². The van der Waals surface area contributed by atoms with Crippen molar-refractivity contribution >= 4 is 11.8 Å². The number of rotatable bonds is 5. The van der Waals surface area contributed by atoms with Gasteiger partial charge in [-0.1, -0.05) is 24.3 Å². The molecule has 0 aromatic heterocycles. The molecule has 2 rings (SSSR count). The highest BCUT2D eigenvalue weighted by Crippen LogP contribution is 2.22. The number of halogens is 1. The van der Waals surface area contributed by atoms with Crippen molar-refractivity contribution in [2.24, 2.45) is 0 Å². The summed E-state index contributed by atoms with van der Waals surface area (Å²) in [5.74, 6) is -0.187. The third-order valence-corrected chi connectivity index (χ3v) is 4.21. The van der Waals surface area contributed by atoms with Crippen LogP contribution < -0.4 is 5.32 Å². The van der Waals surface area contributed by atoms with E-state index in [4.69, 9.17) is 0 Å². The second-order valence-electron chi connectivity index (χ2n) is 4.94. The highest BCUT2D eigenvalue weighted by atomic mass is 32.2. The second-order valence-corrected chi connectivity index (χ2v) is 5.82. The van der Waals surface area contributed by atoms with E-state index in [1.54, 1.807) is 23.9 Å². The summed E-state index contributed by atoms with van der Waals surface area (Å²) in [4.78, 5) is 1.26. The predicted molar refractivity (Wildman–Crippen MR) is 84.6 cm³/mol. The standard InChI is InChI=1S/C17H20FNS/c1-12(14-7-9-17(20-3)10-8-14)19-13(2)15-5-4-6-16(18)11-15/h4-13,19H,1-3H3/t12?,13-/m0/s1. The fourth-order valence-electron chi connectivity index (χ4n) is 2.24. The number of benzene rings is 2. The van der Waals surface area contributed by atoms with Crippen LogP contribution in [0.25, 0.3) is 0 Å². The van der Waals surface area contributed by atoms with Crippen LogP contribution in [0, 0.1) is 5.82 Å². The van der Waals surface area contributed by atoms with Crippen molar-refractivity contribution in [3.8, 4) is 0 Å². The van der Waals surface area contributed by atoms with Crippen LogP contribution in [0.3, 0.4) is 0 Å². The Morgan fingerprint density at radius 1 is 0.950 bits per heavy atom. The van der Waals surface area contributed by atoms with Gasteiger partial charge >= 0.3 is 0 Å². The van der Waals surface area contributed by atoms with Crippen molar-refractivity contribution in [3.63, 3.8) is 0 Å². The Bertz CT molecular complexity index is 553. The van der Waals surface area contributed by atoms with Gasteiger partial charge in [-0.15, -0.1) is 11.8 Å². The van der Waals surface area contributed by atoms with Gasteiger partial charge in [-0.05, 0) is 55.5 Å². The lowest BCUT2D eigenvalue weighted by Gasteiger charge is -2.21. The minimum atomic E-state index is -0.187. The molecule has 0 spiro atoms. The third kappa shape index (κ3) is 3.84. The van der Waals surface area contributed by atoms with Gasteiger partial charge in [0.2, 0.25) is 0 Å². The smallest absolute Gasteiger partial charge is 0.123 e. The van der Waals surface area contributed by atoms with E-state index in [9.17, 15) is 4.39 Å². The molecule has 0 heterocycles. The molecule has 20 heavy (non-hydrogen) atoms. The van der Waals surface area contributed by atoms with Crippen molar-refractivity contribution < 1.29 is 4.39 Å². The van der Waals surface area contributed by atoms with Crippen LogP contribution in [0.4, 0.5) is 4.39 Å². The molecule has 0 aliphatic rings. The Hall–Kier alpha value is -1.32. The SMILES string of the molecule is CSc1ccc(C(C)N[C@@H](C)c2cccc(F)c2)cc1. The largest absolute Gasteiger partial charge is 0.304 e. The number of hydrogen-bond donors (Lipinski definition) is 1. The van der Waals surface area contributed by atoms with E-state index in [2.05, 4.69) is 49.7 Å². The predicted octanol–water partition coefficient (Wildman–Crippen LogP) is 4.96. The molecular weight excluding hydrogens is 269 g/mol. The molecule has 2 atom stereocenters. The summed E-state index contributed by atoms with van der Waals surface area (Å²) in [6.45, 7) is 4.19. The molecule has 1 unspecified atom stereocenters. The van der Waals surface area contributed by atoms with Gasteiger partial charge in [0.1, 0.15) is 5.82 Å². The van der Waals surface area contributed by atoms with Crippen molar-refractivity contribution in [3.05, 3.63) is 65.5 Å². The maximum atomic E-state index is 13.2. The van der Waals surface area contributed by atoms with E-state index in [-0.39, 0.29) is 17.9 Å². The van der Waals surface area contributed by atoms with Crippen molar-refractivity contribution in [2.75, 3.05) is 6.26 Å². The molecule has 0 bridgehead atoms. The lowest BCUT2D eigenvalue weighted by Crippen LogP contribution is -2.22. The Morgan fingerprint density at radius 2 is 1.60 bits per heavy atom.